The zero-order valence-electron chi connectivity index (χ0n) is 10.4. The summed E-state index contributed by atoms with van der Waals surface area (Å²) in [5.41, 5.74) is 0.161. The van der Waals surface area contributed by atoms with Crippen LogP contribution in [0.2, 0.25) is 5.02 Å². The lowest BCUT2D eigenvalue weighted by Crippen LogP contribution is -2.37. The summed E-state index contributed by atoms with van der Waals surface area (Å²) in [5.74, 6) is -1.08. The molecule has 1 fully saturated rings. The van der Waals surface area contributed by atoms with Crippen LogP contribution < -0.4 is 0 Å². The van der Waals surface area contributed by atoms with E-state index in [4.69, 9.17) is 25.8 Å². The van der Waals surface area contributed by atoms with E-state index < -0.39 is 24.0 Å². The van der Waals surface area contributed by atoms with E-state index in [0.717, 1.165) is 0 Å². The molecule has 4 nitrogen and oxygen atoms in total. The maximum Gasteiger partial charge on any atom is 0.338 e. The highest BCUT2D eigenvalue weighted by Crippen LogP contribution is 2.28. The molecule has 0 spiro atoms. The third kappa shape index (κ3) is 3.43. The number of hydrogen-bond donors (Lipinski definition) is 0. The van der Waals surface area contributed by atoms with Crippen molar-refractivity contribution in [2.75, 3.05) is 19.8 Å². The SMILES string of the molecule is C[C@@H](OC(=O)[C@H]1COCCO1)c1c(F)cccc1Cl. The van der Waals surface area contributed by atoms with Crippen LogP contribution in [-0.4, -0.2) is 31.9 Å². The van der Waals surface area contributed by atoms with Crippen LogP contribution >= 0.6 is 11.6 Å². The van der Waals surface area contributed by atoms with Crippen molar-refractivity contribution in [3.05, 3.63) is 34.6 Å². The van der Waals surface area contributed by atoms with Gasteiger partial charge in [0.05, 0.1) is 24.8 Å². The van der Waals surface area contributed by atoms with Gasteiger partial charge in [-0.3, -0.25) is 0 Å². The highest BCUT2D eigenvalue weighted by molar-refractivity contribution is 6.31. The first kappa shape index (κ1) is 14.2. The van der Waals surface area contributed by atoms with Gasteiger partial charge in [-0.05, 0) is 19.1 Å². The van der Waals surface area contributed by atoms with Gasteiger partial charge < -0.3 is 14.2 Å². The fourth-order valence-corrected chi connectivity index (χ4v) is 2.15. The van der Waals surface area contributed by atoms with E-state index in [2.05, 4.69) is 0 Å². The van der Waals surface area contributed by atoms with Gasteiger partial charge in [0.2, 0.25) is 0 Å². The van der Waals surface area contributed by atoms with Crippen LogP contribution in [0.25, 0.3) is 0 Å². The van der Waals surface area contributed by atoms with Crippen molar-refractivity contribution in [1.82, 2.24) is 0 Å². The Bertz CT molecular complexity index is 440. The molecule has 1 aromatic rings. The zero-order chi connectivity index (χ0) is 13.8. The third-order valence-corrected chi connectivity index (χ3v) is 3.11. The van der Waals surface area contributed by atoms with Gasteiger partial charge in [0.15, 0.2) is 6.10 Å². The van der Waals surface area contributed by atoms with Gasteiger partial charge in [-0.2, -0.15) is 0 Å². The maximum absolute atomic E-state index is 13.7. The van der Waals surface area contributed by atoms with Crippen LogP contribution in [0.4, 0.5) is 4.39 Å². The third-order valence-electron chi connectivity index (χ3n) is 2.78. The van der Waals surface area contributed by atoms with E-state index in [1.165, 1.54) is 12.1 Å². The maximum atomic E-state index is 13.7. The lowest BCUT2D eigenvalue weighted by Gasteiger charge is -2.23. The molecule has 104 valence electrons. The number of carbonyl (C=O) groups is 1. The topological polar surface area (TPSA) is 44.8 Å². The van der Waals surface area contributed by atoms with Crippen LogP contribution in [-0.2, 0) is 19.0 Å². The Kier molecular flexibility index (Phi) is 4.74. The minimum absolute atomic E-state index is 0.149. The number of benzene rings is 1. The van der Waals surface area contributed by atoms with E-state index >= 15 is 0 Å². The summed E-state index contributed by atoms with van der Waals surface area (Å²) in [7, 11) is 0. The minimum Gasteiger partial charge on any atom is -0.456 e. The second-order valence-corrected chi connectivity index (χ2v) is 4.56. The summed E-state index contributed by atoms with van der Waals surface area (Å²) in [6.07, 6.45) is -1.55. The van der Waals surface area contributed by atoms with Crippen molar-refractivity contribution in [3.63, 3.8) is 0 Å². The summed E-state index contributed by atoms with van der Waals surface area (Å²) < 4.78 is 29.2. The van der Waals surface area contributed by atoms with Gasteiger partial charge in [0.1, 0.15) is 11.9 Å². The normalized spacial score (nSPS) is 20.9. The summed E-state index contributed by atoms with van der Waals surface area (Å²) >= 11 is 5.91. The smallest absolute Gasteiger partial charge is 0.338 e. The Morgan fingerprint density at radius 2 is 2.32 bits per heavy atom. The van der Waals surface area contributed by atoms with Crippen LogP contribution in [0.1, 0.15) is 18.6 Å². The predicted octanol–water partition coefficient (Wildman–Crippen LogP) is 2.50. The van der Waals surface area contributed by atoms with Gasteiger partial charge >= 0.3 is 5.97 Å². The van der Waals surface area contributed by atoms with Crippen molar-refractivity contribution in [3.8, 4) is 0 Å². The lowest BCUT2D eigenvalue weighted by molar-refractivity contribution is -0.175. The second-order valence-electron chi connectivity index (χ2n) is 4.15. The van der Waals surface area contributed by atoms with E-state index in [1.54, 1.807) is 13.0 Å². The minimum atomic E-state index is -0.785. The van der Waals surface area contributed by atoms with Crippen molar-refractivity contribution in [2.45, 2.75) is 19.1 Å². The fraction of sp³-hybridized carbons (Fsp3) is 0.462. The van der Waals surface area contributed by atoms with E-state index in [0.29, 0.717) is 13.2 Å². The summed E-state index contributed by atoms with van der Waals surface area (Å²) in [6.45, 7) is 2.51. The Morgan fingerprint density at radius 3 is 2.95 bits per heavy atom. The number of hydrogen-bond acceptors (Lipinski definition) is 4. The number of rotatable bonds is 3. The molecule has 0 bridgehead atoms. The molecule has 1 heterocycles. The molecule has 0 aliphatic carbocycles. The first-order valence-electron chi connectivity index (χ1n) is 5.93. The van der Waals surface area contributed by atoms with Gasteiger partial charge in [-0.15, -0.1) is 0 Å². The van der Waals surface area contributed by atoms with Gasteiger partial charge in [0.25, 0.3) is 0 Å². The Hall–Kier alpha value is -1.17. The average Bonchev–Trinajstić information content (AvgIpc) is 2.39. The number of ether oxygens (including phenoxy) is 3. The average molecular weight is 289 g/mol. The molecule has 2 rings (SSSR count). The molecule has 0 N–H and O–H groups in total. The molecule has 0 amide bonds. The Morgan fingerprint density at radius 1 is 1.53 bits per heavy atom. The molecule has 0 aromatic heterocycles. The number of halogens is 2. The first-order valence-corrected chi connectivity index (χ1v) is 6.31. The highest BCUT2D eigenvalue weighted by Gasteiger charge is 2.27. The van der Waals surface area contributed by atoms with Crippen molar-refractivity contribution >= 4 is 17.6 Å². The van der Waals surface area contributed by atoms with E-state index in [9.17, 15) is 9.18 Å². The molecular weight excluding hydrogens is 275 g/mol. The van der Waals surface area contributed by atoms with Crippen LogP contribution in [0.3, 0.4) is 0 Å². The standard InChI is InChI=1S/C13H14ClFO4/c1-8(12-9(14)3-2-4-10(12)15)19-13(16)11-7-17-5-6-18-11/h2-4,8,11H,5-7H2,1H3/t8-,11-/m1/s1. The van der Waals surface area contributed by atoms with Crippen LogP contribution in [0.5, 0.6) is 0 Å². The number of esters is 1. The molecule has 0 unspecified atom stereocenters. The molecule has 0 saturated carbocycles. The quantitative estimate of drug-likeness (QED) is 0.802. The molecule has 1 aliphatic heterocycles. The molecule has 1 aromatic carbocycles. The molecule has 19 heavy (non-hydrogen) atoms. The lowest BCUT2D eigenvalue weighted by atomic mass is 10.1. The van der Waals surface area contributed by atoms with Crippen molar-refractivity contribution < 1.29 is 23.4 Å². The highest BCUT2D eigenvalue weighted by atomic mass is 35.5. The van der Waals surface area contributed by atoms with Gasteiger partial charge in [0, 0.05) is 5.56 Å². The summed E-state index contributed by atoms with van der Waals surface area (Å²) in [5, 5.41) is 0.223. The monoisotopic (exact) mass is 288 g/mol. The largest absolute Gasteiger partial charge is 0.456 e. The Balaban J connectivity index is 2.04. The first-order chi connectivity index (χ1) is 9.09. The zero-order valence-corrected chi connectivity index (χ0v) is 11.2. The van der Waals surface area contributed by atoms with Crippen LogP contribution in [0.15, 0.2) is 18.2 Å². The molecule has 0 radical (unpaired) electrons. The van der Waals surface area contributed by atoms with Crippen molar-refractivity contribution in [2.24, 2.45) is 0 Å². The number of carbonyl (C=O) groups excluding carboxylic acids is 1. The van der Waals surface area contributed by atoms with E-state index in [1.807, 2.05) is 0 Å². The van der Waals surface area contributed by atoms with Gasteiger partial charge in [-0.1, -0.05) is 17.7 Å². The molecule has 2 atom stereocenters. The van der Waals surface area contributed by atoms with Crippen molar-refractivity contribution in [1.29, 1.82) is 0 Å². The molecular formula is C13H14ClFO4. The van der Waals surface area contributed by atoms with E-state index in [-0.39, 0.29) is 17.2 Å². The summed E-state index contributed by atoms with van der Waals surface area (Å²) in [4.78, 5) is 11.8. The van der Waals surface area contributed by atoms with Gasteiger partial charge in [-0.25, -0.2) is 9.18 Å². The fourth-order valence-electron chi connectivity index (χ4n) is 1.83. The predicted molar refractivity (Wildman–Crippen MR) is 66.5 cm³/mol. The molecule has 1 aliphatic rings. The Labute approximate surface area is 115 Å². The van der Waals surface area contributed by atoms with Crippen LogP contribution in [0, 0.1) is 5.82 Å². The second kappa shape index (κ2) is 6.32. The molecule has 1 saturated heterocycles. The molecule has 6 heteroatoms. The summed E-state index contributed by atoms with van der Waals surface area (Å²) in [6, 6.07) is 4.31.